The van der Waals surface area contributed by atoms with E-state index in [1.54, 1.807) is 0 Å². The quantitative estimate of drug-likeness (QED) is 0.603. The number of carbonyl (C=O) groups excluding carboxylic acids is 2. The predicted molar refractivity (Wildman–Crippen MR) is 113 cm³/mol. The van der Waals surface area contributed by atoms with Gasteiger partial charge in [-0.2, -0.15) is 0 Å². The summed E-state index contributed by atoms with van der Waals surface area (Å²) < 4.78 is 1.98. The highest BCUT2D eigenvalue weighted by molar-refractivity contribution is 7.99. The maximum Gasteiger partial charge on any atom is 0.239 e. The number of thioether (sulfide) groups is 1. The van der Waals surface area contributed by atoms with Crippen molar-refractivity contribution in [2.45, 2.75) is 31.8 Å². The summed E-state index contributed by atoms with van der Waals surface area (Å²) in [5, 5.41) is 9.40. The summed E-state index contributed by atoms with van der Waals surface area (Å²) in [7, 11) is 0. The van der Waals surface area contributed by atoms with Gasteiger partial charge in [-0.05, 0) is 43.5 Å². The molecule has 2 heterocycles. The summed E-state index contributed by atoms with van der Waals surface area (Å²) in [6.45, 7) is 4.66. The monoisotopic (exact) mass is 406 g/mol. The van der Waals surface area contributed by atoms with E-state index < -0.39 is 0 Å². The zero-order valence-corrected chi connectivity index (χ0v) is 17.3. The molecule has 7 heteroatoms. The molecule has 0 aliphatic carbocycles. The van der Waals surface area contributed by atoms with Crippen LogP contribution >= 0.6 is 11.8 Å². The third kappa shape index (κ3) is 3.96. The lowest BCUT2D eigenvalue weighted by atomic mass is 10.1. The van der Waals surface area contributed by atoms with Gasteiger partial charge in [-0.25, -0.2) is 0 Å². The predicted octanol–water partition coefficient (Wildman–Crippen LogP) is 3.79. The van der Waals surface area contributed by atoms with E-state index in [1.807, 2.05) is 41.0 Å². The third-order valence-electron chi connectivity index (χ3n) is 5.11. The van der Waals surface area contributed by atoms with Gasteiger partial charge in [-0.15, -0.1) is 10.2 Å². The highest BCUT2D eigenvalue weighted by Crippen LogP contribution is 2.29. The van der Waals surface area contributed by atoms with Gasteiger partial charge in [0, 0.05) is 18.5 Å². The fourth-order valence-electron chi connectivity index (χ4n) is 3.35. The van der Waals surface area contributed by atoms with Gasteiger partial charge in [0.05, 0.1) is 11.4 Å². The second-order valence-electron chi connectivity index (χ2n) is 7.11. The maximum absolute atomic E-state index is 12.5. The minimum atomic E-state index is -0.173. The van der Waals surface area contributed by atoms with Crippen LogP contribution in [0.15, 0.2) is 53.7 Å². The van der Waals surface area contributed by atoms with Crippen molar-refractivity contribution in [1.29, 1.82) is 0 Å². The first-order chi connectivity index (χ1) is 14.0. The Kier molecular flexibility index (Phi) is 5.49. The summed E-state index contributed by atoms with van der Waals surface area (Å²) in [4.78, 5) is 25.7. The van der Waals surface area contributed by atoms with Crippen molar-refractivity contribution in [3.8, 4) is 17.1 Å². The van der Waals surface area contributed by atoms with Crippen LogP contribution in [0.4, 0.5) is 0 Å². The van der Waals surface area contributed by atoms with Crippen LogP contribution in [0.5, 0.6) is 0 Å². The number of amides is 2. The smallest absolute Gasteiger partial charge is 0.239 e. The van der Waals surface area contributed by atoms with Crippen LogP contribution < -0.4 is 0 Å². The molecule has 6 nitrogen and oxygen atoms in total. The number of carbonyl (C=O) groups is 2. The fourth-order valence-corrected chi connectivity index (χ4v) is 4.18. The molecule has 1 saturated heterocycles. The van der Waals surface area contributed by atoms with Crippen LogP contribution in [0.25, 0.3) is 17.1 Å². The Morgan fingerprint density at radius 1 is 1.07 bits per heavy atom. The number of likely N-dealkylation sites (tertiary alicyclic amines) is 1. The summed E-state index contributed by atoms with van der Waals surface area (Å²) >= 11 is 1.31. The minimum Gasteiger partial charge on any atom is -0.282 e. The number of hydrogen-bond acceptors (Lipinski definition) is 5. The van der Waals surface area contributed by atoms with Crippen LogP contribution in [-0.2, 0) is 9.59 Å². The summed E-state index contributed by atoms with van der Waals surface area (Å²) in [6, 6.07) is 16.1. The molecule has 29 heavy (non-hydrogen) atoms. The van der Waals surface area contributed by atoms with E-state index in [2.05, 4.69) is 36.2 Å². The number of nitrogens with zero attached hydrogens (tertiary/aromatic N) is 4. The van der Waals surface area contributed by atoms with Gasteiger partial charge in [-0.3, -0.25) is 19.1 Å². The molecule has 1 aliphatic heterocycles. The summed E-state index contributed by atoms with van der Waals surface area (Å²) in [5.41, 5.74) is 4.28. The molecule has 1 fully saturated rings. The van der Waals surface area contributed by atoms with Gasteiger partial charge < -0.3 is 0 Å². The van der Waals surface area contributed by atoms with Crippen molar-refractivity contribution in [3.05, 3.63) is 59.7 Å². The van der Waals surface area contributed by atoms with Crippen LogP contribution in [0.1, 0.15) is 24.0 Å². The second-order valence-corrected chi connectivity index (χ2v) is 8.05. The molecule has 0 atom stereocenters. The van der Waals surface area contributed by atoms with E-state index >= 15 is 0 Å². The van der Waals surface area contributed by atoms with E-state index in [1.165, 1.54) is 27.8 Å². The number of benzene rings is 2. The molecule has 0 N–H and O–H groups in total. The highest BCUT2D eigenvalue weighted by atomic mass is 32.2. The molecular formula is C22H22N4O2S. The molecular weight excluding hydrogens is 384 g/mol. The molecule has 0 saturated carbocycles. The van der Waals surface area contributed by atoms with Gasteiger partial charge in [0.15, 0.2) is 11.0 Å². The Morgan fingerprint density at radius 3 is 2.55 bits per heavy atom. The molecule has 0 spiro atoms. The van der Waals surface area contributed by atoms with Gasteiger partial charge in [0.1, 0.15) is 0 Å². The van der Waals surface area contributed by atoms with Gasteiger partial charge in [-0.1, -0.05) is 48.2 Å². The molecule has 2 aromatic carbocycles. The average molecular weight is 407 g/mol. The van der Waals surface area contributed by atoms with Crippen LogP contribution in [0.2, 0.25) is 0 Å². The van der Waals surface area contributed by atoms with Crippen molar-refractivity contribution >= 4 is 23.6 Å². The lowest BCUT2D eigenvalue weighted by Crippen LogP contribution is -2.33. The van der Waals surface area contributed by atoms with E-state index in [0.717, 1.165) is 23.5 Å². The summed E-state index contributed by atoms with van der Waals surface area (Å²) in [5.74, 6) is 0.620. The Hall–Kier alpha value is -2.93. The normalized spacial score (nSPS) is 13.9. The zero-order chi connectivity index (χ0) is 20.4. The van der Waals surface area contributed by atoms with Crippen molar-refractivity contribution in [3.63, 3.8) is 0 Å². The molecule has 4 rings (SSSR count). The number of aromatic nitrogens is 3. The van der Waals surface area contributed by atoms with Gasteiger partial charge >= 0.3 is 0 Å². The standard InChI is InChI=1S/C22H22N4O2S/c1-15-10-11-18(13-16(15)2)26-21(17-7-4-3-5-8-17)23-24-22(26)29-14-20(28)25-12-6-9-19(25)27/h3-5,7-8,10-11,13H,6,9,12,14H2,1-2H3. The van der Waals surface area contributed by atoms with E-state index in [4.69, 9.17) is 0 Å². The van der Waals surface area contributed by atoms with Crippen molar-refractivity contribution < 1.29 is 9.59 Å². The molecule has 0 unspecified atom stereocenters. The lowest BCUT2D eigenvalue weighted by Gasteiger charge is -2.14. The van der Waals surface area contributed by atoms with Crippen LogP contribution in [0, 0.1) is 13.8 Å². The number of hydrogen-bond donors (Lipinski definition) is 0. The number of rotatable bonds is 5. The Labute approximate surface area is 173 Å². The third-order valence-corrected chi connectivity index (χ3v) is 6.03. The topological polar surface area (TPSA) is 68.1 Å². The zero-order valence-electron chi connectivity index (χ0n) is 16.5. The minimum absolute atomic E-state index is 0.0869. The molecule has 148 valence electrons. The van der Waals surface area contributed by atoms with E-state index in [9.17, 15) is 9.59 Å². The molecule has 1 aliphatic rings. The van der Waals surface area contributed by atoms with Crippen LogP contribution in [-0.4, -0.2) is 43.8 Å². The average Bonchev–Trinajstić information content (AvgIpc) is 3.35. The van der Waals surface area contributed by atoms with Gasteiger partial charge in [0.2, 0.25) is 11.8 Å². The first kappa shape index (κ1) is 19.4. The van der Waals surface area contributed by atoms with E-state index in [-0.39, 0.29) is 17.6 Å². The Balaban J connectivity index is 1.68. The van der Waals surface area contributed by atoms with Crippen molar-refractivity contribution in [1.82, 2.24) is 19.7 Å². The Bertz CT molecular complexity index is 1060. The van der Waals surface area contributed by atoms with Crippen molar-refractivity contribution in [2.24, 2.45) is 0 Å². The summed E-state index contributed by atoms with van der Waals surface area (Å²) in [6.07, 6.45) is 1.19. The maximum atomic E-state index is 12.5. The fraction of sp³-hybridized carbons (Fsp3) is 0.273. The van der Waals surface area contributed by atoms with Crippen LogP contribution in [0.3, 0.4) is 0 Å². The van der Waals surface area contributed by atoms with Crippen molar-refractivity contribution in [2.75, 3.05) is 12.3 Å². The van der Waals surface area contributed by atoms with Gasteiger partial charge in [0.25, 0.3) is 0 Å². The molecule has 3 aromatic rings. The molecule has 0 radical (unpaired) electrons. The second kappa shape index (κ2) is 8.21. The SMILES string of the molecule is Cc1ccc(-n2c(SCC(=O)N3CCCC3=O)nnc2-c2ccccc2)cc1C. The molecule has 2 amide bonds. The number of aryl methyl sites for hydroxylation is 2. The molecule has 0 bridgehead atoms. The number of imide groups is 1. The highest BCUT2D eigenvalue weighted by Gasteiger charge is 2.27. The first-order valence-electron chi connectivity index (χ1n) is 9.59. The largest absolute Gasteiger partial charge is 0.282 e. The first-order valence-corrected chi connectivity index (χ1v) is 10.6. The van der Waals surface area contributed by atoms with E-state index in [0.29, 0.717) is 18.1 Å². The lowest BCUT2D eigenvalue weighted by molar-refractivity contribution is -0.140. The molecule has 1 aromatic heterocycles. The Morgan fingerprint density at radius 2 is 1.86 bits per heavy atom.